The van der Waals surface area contributed by atoms with Gasteiger partial charge in [0.15, 0.2) is 0 Å². The SMILES string of the molecule is CC(C)Cc1cc(-c2nnc(-c3cccnc3Cc3ccccc3)cc2CCO)ccn1. The molecule has 0 amide bonds. The third-order valence-electron chi connectivity index (χ3n) is 5.34. The Morgan fingerprint density at radius 3 is 2.50 bits per heavy atom. The first-order valence-corrected chi connectivity index (χ1v) is 11.0. The maximum Gasteiger partial charge on any atom is 0.0964 e. The molecule has 0 aliphatic heterocycles. The Bertz CT molecular complexity index is 1180. The Morgan fingerprint density at radius 2 is 1.72 bits per heavy atom. The van der Waals surface area contributed by atoms with Crippen molar-refractivity contribution in [2.24, 2.45) is 5.92 Å². The highest BCUT2D eigenvalue weighted by atomic mass is 16.2. The van der Waals surface area contributed by atoms with E-state index in [0.29, 0.717) is 12.3 Å². The van der Waals surface area contributed by atoms with E-state index in [0.717, 1.165) is 52.3 Å². The van der Waals surface area contributed by atoms with Crippen LogP contribution in [0, 0.1) is 5.92 Å². The minimum atomic E-state index is 0.0476. The van der Waals surface area contributed by atoms with Gasteiger partial charge in [0.05, 0.1) is 17.1 Å². The molecule has 162 valence electrons. The van der Waals surface area contributed by atoms with Gasteiger partial charge in [-0.25, -0.2) is 0 Å². The number of aliphatic hydroxyl groups is 1. The molecule has 5 heteroatoms. The van der Waals surface area contributed by atoms with Crippen LogP contribution in [0.25, 0.3) is 22.5 Å². The summed E-state index contributed by atoms with van der Waals surface area (Å²) in [5.74, 6) is 0.525. The van der Waals surface area contributed by atoms with Crippen LogP contribution in [0.2, 0.25) is 0 Å². The van der Waals surface area contributed by atoms with Gasteiger partial charge in [-0.2, -0.15) is 0 Å². The fourth-order valence-electron chi connectivity index (χ4n) is 3.87. The molecular formula is C27H28N4O. The smallest absolute Gasteiger partial charge is 0.0964 e. The third-order valence-corrected chi connectivity index (χ3v) is 5.34. The zero-order valence-electron chi connectivity index (χ0n) is 18.6. The standard InChI is InChI=1S/C27H28N4O/c1-19(2)15-23-17-21(10-13-28-23)27-22(11-14-32)18-26(30-31-27)24-9-6-12-29-25(24)16-20-7-4-3-5-8-20/h3-10,12-13,17-19,32H,11,14-16H2,1-2H3. The predicted octanol–water partition coefficient (Wildman–Crippen LogP) is 4.92. The number of nitrogens with zero attached hydrogens (tertiary/aromatic N) is 4. The summed E-state index contributed by atoms with van der Waals surface area (Å²) in [6, 6.07) is 20.3. The van der Waals surface area contributed by atoms with Crippen LogP contribution in [0.1, 0.15) is 36.4 Å². The van der Waals surface area contributed by atoms with Gasteiger partial charge in [0.25, 0.3) is 0 Å². The zero-order valence-corrected chi connectivity index (χ0v) is 18.6. The monoisotopic (exact) mass is 424 g/mol. The van der Waals surface area contributed by atoms with Crippen LogP contribution in [0.15, 0.2) is 73.1 Å². The quantitative estimate of drug-likeness (QED) is 0.434. The molecule has 3 aromatic heterocycles. The number of hydrogen-bond acceptors (Lipinski definition) is 5. The number of hydrogen-bond donors (Lipinski definition) is 1. The average molecular weight is 425 g/mol. The molecule has 0 spiro atoms. The number of pyridine rings is 2. The predicted molar refractivity (Wildman–Crippen MR) is 127 cm³/mol. The van der Waals surface area contributed by atoms with E-state index in [1.54, 1.807) is 0 Å². The van der Waals surface area contributed by atoms with Crippen LogP contribution in [0.3, 0.4) is 0 Å². The lowest BCUT2D eigenvalue weighted by atomic mass is 9.98. The van der Waals surface area contributed by atoms with Crippen molar-refractivity contribution in [2.45, 2.75) is 33.1 Å². The number of benzene rings is 1. The molecule has 0 bridgehead atoms. The number of aliphatic hydroxyl groups excluding tert-OH is 1. The van der Waals surface area contributed by atoms with E-state index in [1.807, 2.05) is 54.9 Å². The van der Waals surface area contributed by atoms with Crippen LogP contribution in [0.4, 0.5) is 0 Å². The van der Waals surface area contributed by atoms with Crippen LogP contribution < -0.4 is 0 Å². The summed E-state index contributed by atoms with van der Waals surface area (Å²) in [6.07, 6.45) is 5.77. The maximum absolute atomic E-state index is 9.70. The highest BCUT2D eigenvalue weighted by Gasteiger charge is 2.15. The molecule has 0 aliphatic rings. The van der Waals surface area contributed by atoms with Crippen molar-refractivity contribution in [2.75, 3.05) is 6.61 Å². The van der Waals surface area contributed by atoms with Gasteiger partial charge in [-0.3, -0.25) is 9.97 Å². The van der Waals surface area contributed by atoms with Crippen LogP contribution in [0.5, 0.6) is 0 Å². The van der Waals surface area contributed by atoms with Gasteiger partial charge in [-0.05, 0) is 60.2 Å². The normalized spacial score (nSPS) is 11.1. The Balaban J connectivity index is 1.72. The molecule has 4 aromatic rings. The maximum atomic E-state index is 9.70. The van der Waals surface area contributed by atoms with Crippen LogP contribution in [-0.2, 0) is 19.3 Å². The van der Waals surface area contributed by atoms with Crippen molar-refractivity contribution < 1.29 is 5.11 Å². The van der Waals surface area contributed by atoms with Crippen molar-refractivity contribution >= 4 is 0 Å². The molecule has 0 atom stereocenters. The fourth-order valence-corrected chi connectivity index (χ4v) is 3.87. The van der Waals surface area contributed by atoms with Gasteiger partial charge >= 0.3 is 0 Å². The van der Waals surface area contributed by atoms with E-state index in [-0.39, 0.29) is 6.61 Å². The summed E-state index contributed by atoms with van der Waals surface area (Å²) >= 11 is 0. The Kier molecular flexibility index (Phi) is 6.97. The second-order valence-electron chi connectivity index (χ2n) is 8.37. The second kappa shape index (κ2) is 10.2. The van der Waals surface area contributed by atoms with Crippen molar-refractivity contribution in [3.63, 3.8) is 0 Å². The molecule has 1 N–H and O–H groups in total. The molecule has 5 nitrogen and oxygen atoms in total. The molecule has 0 fully saturated rings. The summed E-state index contributed by atoms with van der Waals surface area (Å²) < 4.78 is 0. The third kappa shape index (κ3) is 5.24. The van der Waals surface area contributed by atoms with Gasteiger partial charge in [0.2, 0.25) is 0 Å². The summed E-state index contributed by atoms with van der Waals surface area (Å²) in [6.45, 7) is 4.41. The topological polar surface area (TPSA) is 71.8 Å². The van der Waals surface area contributed by atoms with Crippen LogP contribution in [-0.4, -0.2) is 31.9 Å². The van der Waals surface area contributed by atoms with Crippen molar-refractivity contribution in [3.8, 4) is 22.5 Å². The Hall–Kier alpha value is -3.44. The number of rotatable bonds is 8. The molecule has 4 rings (SSSR count). The summed E-state index contributed by atoms with van der Waals surface area (Å²) in [4.78, 5) is 9.11. The van der Waals surface area contributed by atoms with E-state index in [9.17, 15) is 5.11 Å². The number of aromatic nitrogens is 4. The minimum Gasteiger partial charge on any atom is -0.396 e. The fraction of sp³-hybridized carbons (Fsp3) is 0.259. The first kappa shape index (κ1) is 21.8. The van der Waals surface area contributed by atoms with Gasteiger partial charge in [0, 0.05) is 42.2 Å². The molecule has 32 heavy (non-hydrogen) atoms. The lowest BCUT2D eigenvalue weighted by Crippen LogP contribution is -2.04. The largest absolute Gasteiger partial charge is 0.396 e. The summed E-state index contributed by atoms with van der Waals surface area (Å²) in [7, 11) is 0. The van der Waals surface area contributed by atoms with Crippen LogP contribution >= 0.6 is 0 Å². The van der Waals surface area contributed by atoms with Gasteiger partial charge in [-0.15, -0.1) is 10.2 Å². The van der Waals surface area contributed by atoms with Crippen molar-refractivity contribution in [1.29, 1.82) is 0 Å². The van der Waals surface area contributed by atoms with Gasteiger partial charge < -0.3 is 5.11 Å². The Labute approximate surface area is 189 Å². The lowest BCUT2D eigenvalue weighted by molar-refractivity contribution is 0.299. The summed E-state index contributed by atoms with van der Waals surface area (Å²) in [5, 5.41) is 18.9. The highest BCUT2D eigenvalue weighted by molar-refractivity contribution is 5.68. The molecule has 0 saturated carbocycles. The molecule has 3 heterocycles. The van der Waals surface area contributed by atoms with Crippen molar-refractivity contribution in [1.82, 2.24) is 20.2 Å². The zero-order chi connectivity index (χ0) is 22.3. The van der Waals surface area contributed by atoms with E-state index < -0.39 is 0 Å². The van der Waals surface area contributed by atoms with Gasteiger partial charge in [0.1, 0.15) is 0 Å². The second-order valence-corrected chi connectivity index (χ2v) is 8.37. The van der Waals surface area contributed by atoms with Crippen molar-refractivity contribution in [3.05, 3.63) is 95.6 Å². The average Bonchev–Trinajstić information content (AvgIpc) is 2.80. The van der Waals surface area contributed by atoms with E-state index in [2.05, 4.69) is 52.2 Å². The highest BCUT2D eigenvalue weighted by Crippen LogP contribution is 2.28. The van der Waals surface area contributed by atoms with E-state index in [4.69, 9.17) is 0 Å². The molecule has 0 unspecified atom stereocenters. The molecule has 0 saturated heterocycles. The van der Waals surface area contributed by atoms with E-state index >= 15 is 0 Å². The molecule has 0 radical (unpaired) electrons. The molecule has 1 aromatic carbocycles. The lowest BCUT2D eigenvalue weighted by Gasteiger charge is -2.13. The first-order valence-electron chi connectivity index (χ1n) is 11.0. The Morgan fingerprint density at radius 1 is 0.875 bits per heavy atom. The summed E-state index contributed by atoms with van der Waals surface area (Å²) in [5.41, 5.74) is 7.67. The first-order chi connectivity index (χ1) is 15.6. The van der Waals surface area contributed by atoms with E-state index in [1.165, 1.54) is 5.56 Å². The van der Waals surface area contributed by atoms with Gasteiger partial charge in [-0.1, -0.05) is 44.2 Å². The molecule has 0 aliphatic carbocycles. The molecular weight excluding hydrogens is 396 g/mol. The minimum absolute atomic E-state index is 0.0476.